The Hall–Kier alpha value is -2.84. The van der Waals surface area contributed by atoms with Gasteiger partial charge in [0.1, 0.15) is 5.49 Å². The van der Waals surface area contributed by atoms with Gasteiger partial charge in [0, 0.05) is 35.4 Å². The molecule has 0 aliphatic carbocycles. The molecule has 1 aromatic heterocycles. The van der Waals surface area contributed by atoms with E-state index in [0.29, 0.717) is 6.54 Å². The van der Waals surface area contributed by atoms with Crippen LogP contribution < -0.4 is 32.0 Å². The predicted molar refractivity (Wildman–Crippen MR) is 121 cm³/mol. The molecule has 1 aromatic carbocycles. The van der Waals surface area contributed by atoms with E-state index in [1.807, 2.05) is 31.3 Å². The van der Waals surface area contributed by atoms with Crippen molar-refractivity contribution in [3.05, 3.63) is 52.3 Å². The van der Waals surface area contributed by atoms with Crippen LogP contribution in [0, 0.1) is 12.3 Å². The van der Waals surface area contributed by atoms with Crippen molar-refractivity contribution in [1.29, 1.82) is 5.41 Å². The third kappa shape index (κ3) is 5.61. The number of anilines is 1. The van der Waals surface area contributed by atoms with Crippen LogP contribution in [0.1, 0.15) is 49.9 Å². The molecule has 1 aliphatic heterocycles. The number of guanidine groups is 1. The SMILES string of the molecule is CCCC[C@H](NCCCNC(=N)N)c1ccc(N2C=c3cc(C)[nH]c3=NC2O)cc1. The van der Waals surface area contributed by atoms with E-state index in [1.54, 1.807) is 4.90 Å². The van der Waals surface area contributed by atoms with E-state index in [4.69, 9.17) is 11.1 Å². The number of hydrogen-bond acceptors (Lipinski definition) is 5. The average molecular weight is 412 g/mol. The first-order valence-electron chi connectivity index (χ1n) is 10.6. The van der Waals surface area contributed by atoms with Gasteiger partial charge in [-0.05, 0) is 50.1 Å². The summed E-state index contributed by atoms with van der Waals surface area (Å²) in [6.07, 6.45) is 5.25. The third-order valence-corrected chi connectivity index (χ3v) is 5.23. The minimum atomic E-state index is -0.941. The summed E-state index contributed by atoms with van der Waals surface area (Å²) < 4.78 is 0. The largest absolute Gasteiger partial charge is 0.370 e. The maximum Gasteiger partial charge on any atom is 0.231 e. The lowest BCUT2D eigenvalue weighted by Crippen LogP contribution is -2.41. The van der Waals surface area contributed by atoms with Gasteiger partial charge in [-0.3, -0.25) is 5.41 Å². The number of rotatable bonds is 10. The van der Waals surface area contributed by atoms with Crippen LogP contribution in [0.25, 0.3) is 6.20 Å². The van der Waals surface area contributed by atoms with Gasteiger partial charge in [-0.2, -0.15) is 0 Å². The minimum absolute atomic E-state index is 0.0125. The Bertz CT molecular complexity index is 951. The summed E-state index contributed by atoms with van der Waals surface area (Å²) in [5.41, 5.74) is 9.19. The summed E-state index contributed by atoms with van der Waals surface area (Å²) in [4.78, 5) is 9.29. The van der Waals surface area contributed by atoms with Crippen molar-refractivity contribution < 1.29 is 5.11 Å². The Morgan fingerprint density at radius 2 is 2.07 bits per heavy atom. The fraction of sp³-hybridized carbons (Fsp3) is 0.455. The smallest absolute Gasteiger partial charge is 0.231 e. The molecule has 1 unspecified atom stereocenters. The first-order chi connectivity index (χ1) is 14.5. The summed E-state index contributed by atoms with van der Waals surface area (Å²) in [5.74, 6) is 0.0125. The summed E-state index contributed by atoms with van der Waals surface area (Å²) in [6.45, 7) is 5.72. The highest BCUT2D eigenvalue weighted by atomic mass is 16.3. The molecule has 0 radical (unpaired) electrons. The number of nitrogens with one attached hydrogen (secondary N) is 4. The molecule has 0 amide bonds. The molecule has 0 spiro atoms. The van der Waals surface area contributed by atoms with Gasteiger partial charge in [0.15, 0.2) is 5.96 Å². The average Bonchev–Trinajstić information content (AvgIpc) is 3.08. The molecule has 0 saturated heterocycles. The number of aromatic amines is 1. The molecule has 7 N–H and O–H groups in total. The highest BCUT2D eigenvalue weighted by Gasteiger charge is 2.18. The zero-order chi connectivity index (χ0) is 21.5. The highest BCUT2D eigenvalue weighted by Crippen LogP contribution is 2.24. The van der Waals surface area contributed by atoms with Crippen LogP contribution in [0.4, 0.5) is 5.69 Å². The van der Waals surface area contributed by atoms with E-state index < -0.39 is 6.35 Å². The normalized spacial score (nSPS) is 16.4. The Morgan fingerprint density at radius 1 is 1.30 bits per heavy atom. The first kappa shape index (κ1) is 21.9. The molecule has 0 saturated carbocycles. The fourth-order valence-electron chi connectivity index (χ4n) is 3.67. The van der Waals surface area contributed by atoms with Crippen LogP contribution in [0.3, 0.4) is 0 Å². The quantitative estimate of drug-likeness (QED) is 0.199. The van der Waals surface area contributed by atoms with Gasteiger partial charge in [-0.1, -0.05) is 31.9 Å². The second-order valence-corrected chi connectivity index (χ2v) is 7.70. The minimum Gasteiger partial charge on any atom is -0.370 e. The Balaban J connectivity index is 1.68. The molecule has 162 valence electrons. The second-order valence-electron chi connectivity index (χ2n) is 7.70. The number of aliphatic hydroxyl groups excluding tert-OH is 1. The summed E-state index contributed by atoms with van der Waals surface area (Å²) in [5, 5.41) is 25.1. The molecule has 2 aromatic rings. The highest BCUT2D eigenvalue weighted by molar-refractivity contribution is 5.74. The predicted octanol–water partition coefficient (Wildman–Crippen LogP) is 1.17. The fourth-order valence-corrected chi connectivity index (χ4v) is 3.67. The Kier molecular flexibility index (Phi) is 7.48. The van der Waals surface area contributed by atoms with E-state index in [9.17, 15) is 5.11 Å². The van der Waals surface area contributed by atoms with Crippen LogP contribution in [-0.2, 0) is 0 Å². The number of hydrogen-bond donors (Lipinski definition) is 6. The van der Waals surface area contributed by atoms with E-state index in [-0.39, 0.29) is 12.0 Å². The van der Waals surface area contributed by atoms with Gasteiger partial charge >= 0.3 is 0 Å². The van der Waals surface area contributed by atoms with Crippen molar-refractivity contribution >= 4 is 17.8 Å². The number of fused-ring (bicyclic) bond motifs is 1. The summed E-state index contributed by atoms with van der Waals surface area (Å²) in [7, 11) is 0. The molecule has 8 heteroatoms. The number of nitrogens with zero attached hydrogens (tertiary/aromatic N) is 2. The number of aryl methyl sites for hydroxylation is 1. The van der Waals surface area contributed by atoms with Crippen LogP contribution in [0.5, 0.6) is 0 Å². The number of aliphatic hydroxyl groups is 1. The Morgan fingerprint density at radius 3 is 2.77 bits per heavy atom. The van der Waals surface area contributed by atoms with Gasteiger partial charge in [0.05, 0.1) is 0 Å². The molecular weight excluding hydrogens is 378 g/mol. The second kappa shape index (κ2) is 10.3. The standard InChI is InChI=1S/C22H33N7O/c1-3-4-6-19(25-11-5-12-26-21(23)24)16-7-9-18(10-8-16)29-14-17-13-15(2)27-20(17)28-22(29)30/h7-10,13-14,19,22,25,30H,3-6,11-12H2,1-2H3,(H,27,28)(H4,23,24,26)/t19-,22?/m0/s1. The molecule has 0 fully saturated rings. The zero-order valence-electron chi connectivity index (χ0n) is 17.8. The van der Waals surface area contributed by atoms with Crippen molar-refractivity contribution in [2.45, 2.75) is 51.9 Å². The lowest BCUT2D eigenvalue weighted by molar-refractivity contribution is 0.186. The third-order valence-electron chi connectivity index (χ3n) is 5.23. The van der Waals surface area contributed by atoms with E-state index in [2.05, 4.69) is 39.7 Å². The number of unbranched alkanes of at least 4 members (excludes halogenated alkanes) is 1. The topological polar surface area (TPSA) is 126 Å². The molecular formula is C22H33N7O. The monoisotopic (exact) mass is 411 g/mol. The molecule has 3 rings (SSSR count). The molecule has 0 bridgehead atoms. The van der Waals surface area contributed by atoms with Crippen molar-refractivity contribution in [2.24, 2.45) is 10.7 Å². The van der Waals surface area contributed by atoms with Gasteiger partial charge in [0.2, 0.25) is 6.35 Å². The maximum absolute atomic E-state index is 10.4. The van der Waals surface area contributed by atoms with Gasteiger partial charge in [0.25, 0.3) is 0 Å². The summed E-state index contributed by atoms with van der Waals surface area (Å²) in [6, 6.07) is 10.6. The molecule has 30 heavy (non-hydrogen) atoms. The van der Waals surface area contributed by atoms with Gasteiger partial charge in [-0.25, -0.2) is 4.99 Å². The van der Waals surface area contributed by atoms with Crippen molar-refractivity contribution in [2.75, 3.05) is 18.0 Å². The molecule has 2 heterocycles. The first-order valence-corrected chi connectivity index (χ1v) is 10.6. The number of aromatic nitrogens is 1. The van der Waals surface area contributed by atoms with E-state index >= 15 is 0 Å². The molecule has 1 aliphatic rings. The van der Waals surface area contributed by atoms with Gasteiger partial charge in [-0.15, -0.1) is 0 Å². The van der Waals surface area contributed by atoms with Crippen LogP contribution in [0.2, 0.25) is 0 Å². The number of benzene rings is 1. The molecule has 8 nitrogen and oxygen atoms in total. The van der Waals surface area contributed by atoms with Crippen LogP contribution >= 0.6 is 0 Å². The van der Waals surface area contributed by atoms with Crippen molar-refractivity contribution in [1.82, 2.24) is 15.6 Å². The van der Waals surface area contributed by atoms with E-state index in [0.717, 1.165) is 54.3 Å². The van der Waals surface area contributed by atoms with Gasteiger partial charge < -0.3 is 31.4 Å². The molecule has 2 atom stereocenters. The van der Waals surface area contributed by atoms with Crippen molar-refractivity contribution in [3.63, 3.8) is 0 Å². The zero-order valence-corrected chi connectivity index (χ0v) is 17.8. The summed E-state index contributed by atoms with van der Waals surface area (Å²) >= 11 is 0. The number of H-pyrrole nitrogens is 1. The maximum atomic E-state index is 10.4. The Labute approximate surface area is 177 Å². The van der Waals surface area contributed by atoms with Crippen LogP contribution in [-0.4, -0.2) is 35.5 Å². The van der Waals surface area contributed by atoms with Crippen molar-refractivity contribution in [3.8, 4) is 0 Å². The lowest BCUT2D eigenvalue weighted by Gasteiger charge is -2.26. The van der Waals surface area contributed by atoms with E-state index in [1.165, 1.54) is 5.56 Å². The lowest BCUT2D eigenvalue weighted by atomic mass is 10.0. The number of nitrogens with two attached hydrogens (primary N) is 1. The van der Waals surface area contributed by atoms with Crippen LogP contribution in [0.15, 0.2) is 35.3 Å².